The van der Waals surface area contributed by atoms with Crippen molar-refractivity contribution < 1.29 is 14.0 Å². The van der Waals surface area contributed by atoms with Crippen LogP contribution in [-0.4, -0.2) is 28.8 Å². The van der Waals surface area contributed by atoms with Gasteiger partial charge in [0.15, 0.2) is 0 Å². The maximum absolute atomic E-state index is 13.7. The Balaban J connectivity index is 1.65. The molecule has 3 aromatic carbocycles. The van der Waals surface area contributed by atoms with Gasteiger partial charge in [-0.1, -0.05) is 83.4 Å². The number of amides is 2. The summed E-state index contributed by atoms with van der Waals surface area (Å²) in [4.78, 5) is 29.0. The number of benzene rings is 3. The molecule has 1 unspecified atom stereocenters. The molecule has 2 amide bonds. The number of carbonyl (C=O) groups excluding carboxylic acids is 2. The van der Waals surface area contributed by atoms with Gasteiger partial charge in [-0.3, -0.25) is 9.59 Å². The molecule has 0 heterocycles. The molecule has 1 aliphatic carbocycles. The lowest BCUT2D eigenvalue weighted by Crippen LogP contribution is -2.52. The van der Waals surface area contributed by atoms with Crippen LogP contribution in [0.5, 0.6) is 0 Å². The number of carbonyl (C=O) groups is 2. The summed E-state index contributed by atoms with van der Waals surface area (Å²) in [7, 11) is 0. The van der Waals surface area contributed by atoms with E-state index in [0.29, 0.717) is 18.5 Å². The van der Waals surface area contributed by atoms with E-state index < -0.39 is 6.04 Å². The van der Waals surface area contributed by atoms with Crippen LogP contribution in [-0.2, 0) is 29.0 Å². The molecule has 0 bridgehead atoms. The van der Waals surface area contributed by atoms with E-state index in [0.717, 1.165) is 41.3 Å². The van der Waals surface area contributed by atoms with Crippen molar-refractivity contribution in [2.75, 3.05) is 0 Å². The minimum atomic E-state index is -0.662. The lowest BCUT2D eigenvalue weighted by molar-refractivity contribution is -0.141. The van der Waals surface area contributed by atoms with Crippen LogP contribution in [0.2, 0.25) is 0 Å². The molecular weight excluding hydrogens is 507 g/mol. The molecule has 0 radical (unpaired) electrons. The Bertz CT molecular complexity index is 1130. The molecule has 1 fully saturated rings. The number of halogens is 2. The second-order valence-electron chi connectivity index (χ2n) is 9.15. The standard InChI is InChI=1S/C29H30BrFN2O2/c30-24-10-6-9-23(17-24)20-33(28(34)19-22-13-15-25(31)16-14-22)27(18-21-7-2-1-3-8-21)29(35)32-26-11-4-5-12-26/h1-3,6-10,13-17,26-27H,4-5,11-12,18-20H2,(H,32,35). The van der Waals surface area contributed by atoms with Crippen LogP contribution in [0.3, 0.4) is 0 Å². The lowest BCUT2D eigenvalue weighted by Gasteiger charge is -2.32. The van der Waals surface area contributed by atoms with Gasteiger partial charge in [-0.05, 0) is 53.8 Å². The Morgan fingerprint density at radius 3 is 2.29 bits per heavy atom. The Morgan fingerprint density at radius 1 is 0.914 bits per heavy atom. The average molecular weight is 537 g/mol. The molecule has 4 nitrogen and oxygen atoms in total. The van der Waals surface area contributed by atoms with Crippen molar-refractivity contribution in [2.24, 2.45) is 0 Å². The molecule has 3 aromatic rings. The summed E-state index contributed by atoms with van der Waals surface area (Å²) in [5.74, 6) is -0.632. The van der Waals surface area contributed by atoms with Gasteiger partial charge in [0.25, 0.3) is 0 Å². The zero-order chi connectivity index (χ0) is 24.6. The number of hydrogen-bond donors (Lipinski definition) is 1. The van der Waals surface area contributed by atoms with Crippen LogP contribution in [0.4, 0.5) is 4.39 Å². The second kappa shape index (κ2) is 12.1. The van der Waals surface area contributed by atoms with Gasteiger partial charge in [-0.15, -0.1) is 0 Å². The summed E-state index contributed by atoms with van der Waals surface area (Å²) in [5.41, 5.74) is 2.64. The molecule has 182 valence electrons. The fraction of sp³-hybridized carbons (Fsp3) is 0.310. The van der Waals surface area contributed by atoms with Gasteiger partial charge in [0, 0.05) is 23.5 Å². The molecular formula is C29H30BrFN2O2. The van der Waals surface area contributed by atoms with E-state index in [2.05, 4.69) is 21.2 Å². The maximum atomic E-state index is 13.7. The number of hydrogen-bond acceptors (Lipinski definition) is 2. The van der Waals surface area contributed by atoms with Crippen LogP contribution in [0.25, 0.3) is 0 Å². The minimum Gasteiger partial charge on any atom is -0.352 e. The summed E-state index contributed by atoms with van der Waals surface area (Å²) in [6.07, 6.45) is 4.68. The molecule has 1 atom stereocenters. The summed E-state index contributed by atoms with van der Waals surface area (Å²) in [5, 5.41) is 3.21. The highest BCUT2D eigenvalue weighted by Crippen LogP contribution is 2.21. The van der Waals surface area contributed by atoms with Crippen molar-refractivity contribution in [1.29, 1.82) is 0 Å². The van der Waals surface area contributed by atoms with Crippen molar-refractivity contribution >= 4 is 27.7 Å². The van der Waals surface area contributed by atoms with Gasteiger partial charge in [-0.2, -0.15) is 0 Å². The monoisotopic (exact) mass is 536 g/mol. The van der Waals surface area contributed by atoms with Gasteiger partial charge >= 0.3 is 0 Å². The van der Waals surface area contributed by atoms with Crippen molar-refractivity contribution in [3.05, 3.63) is 106 Å². The molecule has 6 heteroatoms. The SMILES string of the molecule is O=C(NC1CCCC1)C(Cc1ccccc1)N(Cc1cccc(Br)c1)C(=O)Cc1ccc(F)cc1. The van der Waals surface area contributed by atoms with E-state index in [1.54, 1.807) is 17.0 Å². The Kier molecular flexibility index (Phi) is 8.69. The third-order valence-corrected chi connectivity index (χ3v) is 6.98. The van der Waals surface area contributed by atoms with Crippen LogP contribution in [0.15, 0.2) is 83.3 Å². The van der Waals surface area contributed by atoms with E-state index in [1.165, 1.54) is 12.1 Å². The Labute approximate surface area is 214 Å². The van der Waals surface area contributed by atoms with E-state index in [4.69, 9.17) is 0 Å². The highest BCUT2D eigenvalue weighted by atomic mass is 79.9. The van der Waals surface area contributed by atoms with Gasteiger partial charge in [0.05, 0.1) is 6.42 Å². The predicted octanol–water partition coefficient (Wildman–Crippen LogP) is 5.83. The molecule has 4 rings (SSSR count). The first-order valence-corrected chi connectivity index (χ1v) is 12.9. The largest absolute Gasteiger partial charge is 0.352 e. The van der Waals surface area contributed by atoms with Gasteiger partial charge in [0.1, 0.15) is 11.9 Å². The molecule has 1 N–H and O–H groups in total. The molecule has 0 spiro atoms. The first-order chi connectivity index (χ1) is 17.0. The second-order valence-corrected chi connectivity index (χ2v) is 10.1. The van der Waals surface area contributed by atoms with E-state index >= 15 is 0 Å². The van der Waals surface area contributed by atoms with Crippen molar-refractivity contribution in [1.82, 2.24) is 10.2 Å². The fourth-order valence-electron chi connectivity index (χ4n) is 4.63. The van der Waals surface area contributed by atoms with Gasteiger partial charge < -0.3 is 10.2 Å². The van der Waals surface area contributed by atoms with Crippen molar-refractivity contribution in [3.8, 4) is 0 Å². The highest BCUT2D eigenvalue weighted by Gasteiger charge is 2.32. The average Bonchev–Trinajstić information content (AvgIpc) is 3.36. The summed E-state index contributed by atoms with van der Waals surface area (Å²) in [6, 6.07) is 23.0. The maximum Gasteiger partial charge on any atom is 0.243 e. The van der Waals surface area contributed by atoms with E-state index in [9.17, 15) is 14.0 Å². The number of rotatable bonds is 9. The molecule has 0 aliphatic heterocycles. The zero-order valence-electron chi connectivity index (χ0n) is 19.6. The zero-order valence-corrected chi connectivity index (χ0v) is 21.2. The molecule has 0 aromatic heterocycles. The Hall–Kier alpha value is -2.99. The van der Waals surface area contributed by atoms with Crippen LogP contribution in [0.1, 0.15) is 42.4 Å². The molecule has 1 aliphatic rings. The first-order valence-electron chi connectivity index (χ1n) is 12.1. The fourth-order valence-corrected chi connectivity index (χ4v) is 5.08. The third-order valence-electron chi connectivity index (χ3n) is 6.48. The molecule has 1 saturated carbocycles. The number of nitrogens with one attached hydrogen (secondary N) is 1. The quantitative estimate of drug-likeness (QED) is 0.374. The van der Waals surface area contributed by atoms with Gasteiger partial charge in [0.2, 0.25) is 11.8 Å². The minimum absolute atomic E-state index is 0.0935. The number of nitrogens with zero attached hydrogens (tertiary/aromatic N) is 1. The molecule has 0 saturated heterocycles. The molecule has 35 heavy (non-hydrogen) atoms. The Morgan fingerprint density at radius 2 is 1.60 bits per heavy atom. The third kappa shape index (κ3) is 7.25. The highest BCUT2D eigenvalue weighted by molar-refractivity contribution is 9.10. The predicted molar refractivity (Wildman–Crippen MR) is 139 cm³/mol. The van der Waals surface area contributed by atoms with E-state index in [1.807, 2.05) is 54.6 Å². The summed E-state index contributed by atoms with van der Waals surface area (Å²) < 4.78 is 14.3. The smallest absolute Gasteiger partial charge is 0.243 e. The lowest BCUT2D eigenvalue weighted by atomic mass is 10.0. The van der Waals surface area contributed by atoms with E-state index in [-0.39, 0.29) is 30.1 Å². The van der Waals surface area contributed by atoms with Crippen LogP contribution < -0.4 is 5.32 Å². The van der Waals surface area contributed by atoms with Crippen LogP contribution in [0, 0.1) is 5.82 Å². The summed E-state index contributed by atoms with van der Waals surface area (Å²) in [6.45, 7) is 0.301. The van der Waals surface area contributed by atoms with Crippen molar-refractivity contribution in [2.45, 2.75) is 57.2 Å². The van der Waals surface area contributed by atoms with Crippen molar-refractivity contribution in [3.63, 3.8) is 0 Å². The van der Waals surface area contributed by atoms with Crippen LogP contribution >= 0.6 is 15.9 Å². The normalized spacial score (nSPS) is 14.5. The topological polar surface area (TPSA) is 49.4 Å². The summed E-state index contributed by atoms with van der Waals surface area (Å²) >= 11 is 3.51. The first kappa shape index (κ1) is 25.1. The van der Waals surface area contributed by atoms with Gasteiger partial charge in [-0.25, -0.2) is 4.39 Å².